The third-order valence-electron chi connectivity index (χ3n) is 3.16. The van der Waals surface area contributed by atoms with Crippen LogP contribution < -0.4 is 15.5 Å². The van der Waals surface area contributed by atoms with E-state index >= 15 is 0 Å². The van der Waals surface area contributed by atoms with Crippen LogP contribution in [0.4, 0.5) is 4.39 Å². The van der Waals surface area contributed by atoms with Gasteiger partial charge in [-0.2, -0.15) is 5.10 Å². The van der Waals surface area contributed by atoms with Crippen LogP contribution in [0.2, 0.25) is 0 Å². The molecule has 0 saturated carbocycles. The van der Waals surface area contributed by atoms with E-state index in [4.69, 9.17) is 4.74 Å². The second-order valence-electron chi connectivity index (χ2n) is 5.82. The molecule has 2 amide bonds. The number of carbonyl (C=O) groups is 2. The van der Waals surface area contributed by atoms with Gasteiger partial charge in [-0.3, -0.25) is 9.59 Å². The fourth-order valence-corrected chi connectivity index (χ4v) is 2.02. The van der Waals surface area contributed by atoms with Gasteiger partial charge in [0.05, 0.1) is 6.21 Å². The molecule has 6 nitrogen and oxygen atoms in total. The van der Waals surface area contributed by atoms with Crippen molar-refractivity contribution in [3.63, 3.8) is 0 Å². The Morgan fingerprint density at radius 1 is 1.15 bits per heavy atom. The molecule has 0 atom stereocenters. The average molecular weight is 357 g/mol. The fraction of sp³-hybridized carbons (Fsp3) is 0.211. The van der Waals surface area contributed by atoms with Gasteiger partial charge < -0.3 is 10.1 Å². The lowest BCUT2D eigenvalue weighted by atomic mass is 10.2. The minimum atomic E-state index is -0.839. The molecule has 136 valence electrons. The molecule has 2 aromatic rings. The maximum Gasteiger partial charge on any atom is 0.329 e. The van der Waals surface area contributed by atoms with Gasteiger partial charge in [0.25, 0.3) is 0 Å². The van der Waals surface area contributed by atoms with E-state index < -0.39 is 11.8 Å². The van der Waals surface area contributed by atoms with Crippen LogP contribution in [0, 0.1) is 5.82 Å². The third kappa shape index (κ3) is 6.35. The normalized spacial score (nSPS) is 10.8. The van der Waals surface area contributed by atoms with Gasteiger partial charge in [0.1, 0.15) is 18.2 Å². The van der Waals surface area contributed by atoms with E-state index in [0.717, 1.165) is 0 Å². The Morgan fingerprint density at radius 3 is 2.65 bits per heavy atom. The van der Waals surface area contributed by atoms with Crippen LogP contribution in [-0.2, 0) is 16.2 Å². The molecule has 0 aliphatic carbocycles. The van der Waals surface area contributed by atoms with Gasteiger partial charge in [0, 0.05) is 6.04 Å². The van der Waals surface area contributed by atoms with E-state index in [1.54, 1.807) is 50.2 Å². The monoisotopic (exact) mass is 357 g/mol. The van der Waals surface area contributed by atoms with E-state index in [1.807, 2.05) is 0 Å². The molecule has 0 unspecified atom stereocenters. The number of hydrazone groups is 1. The molecule has 0 heterocycles. The zero-order chi connectivity index (χ0) is 18.9. The van der Waals surface area contributed by atoms with Crippen molar-refractivity contribution in [2.75, 3.05) is 0 Å². The number of nitrogens with zero attached hydrogens (tertiary/aromatic N) is 1. The van der Waals surface area contributed by atoms with Crippen molar-refractivity contribution >= 4 is 18.0 Å². The zero-order valence-electron chi connectivity index (χ0n) is 14.5. The molecule has 0 saturated heterocycles. The highest BCUT2D eigenvalue weighted by Crippen LogP contribution is 2.14. The molecule has 2 rings (SSSR count). The standard InChI is InChI=1S/C19H20FN3O3/c1-13(2)22-18(24)19(25)23-21-11-14-5-4-8-17(10-14)26-12-15-6-3-7-16(20)9-15/h3-11,13H,12H2,1-2H3,(H,22,24)(H,23,25)/b21-11-. The van der Waals surface area contributed by atoms with Crippen LogP contribution in [0.15, 0.2) is 53.6 Å². The molecule has 2 aromatic carbocycles. The number of hydrogen-bond acceptors (Lipinski definition) is 4. The maximum absolute atomic E-state index is 13.2. The molecule has 26 heavy (non-hydrogen) atoms. The molecule has 0 spiro atoms. The SMILES string of the molecule is CC(C)NC(=O)C(=O)N/N=C\c1cccc(OCc2cccc(F)c2)c1. The van der Waals surface area contributed by atoms with Gasteiger partial charge in [-0.05, 0) is 49.2 Å². The Balaban J connectivity index is 1.90. The molecule has 0 aliphatic rings. The van der Waals surface area contributed by atoms with Crippen molar-refractivity contribution in [3.8, 4) is 5.75 Å². The summed E-state index contributed by atoms with van der Waals surface area (Å²) in [7, 11) is 0. The molecular formula is C19H20FN3O3. The Morgan fingerprint density at radius 2 is 1.92 bits per heavy atom. The van der Waals surface area contributed by atoms with E-state index in [-0.39, 0.29) is 18.5 Å². The van der Waals surface area contributed by atoms with Crippen molar-refractivity contribution in [1.29, 1.82) is 0 Å². The Kier molecular flexibility index (Phi) is 6.84. The maximum atomic E-state index is 13.2. The summed E-state index contributed by atoms with van der Waals surface area (Å²) in [6.45, 7) is 3.73. The number of ether oxygens (including phenoxy) is 1. The topological polar surface area (TPSA) is 79.8 Å². The molecular weight excluding hydrogens is 337 g/mol. The van der Waals surface area contributed by atoms with Crippen molar-refractivity contribution in [3.05, 3.63) is 65.5 Å². The van der Waals surface area contributed by atoms with Gasteiger partial charge in [-0.25, -0.2) is 9.82 Å². The number of carbonyl (C=O) groups excluding carboxylic acids is 2. The predicted molar refractivity (Wildman–Crippen MR) is 96.2 cm³/mol. The zero-order valence-corrected chi connectivity index (χ0v) is 14.5. The van der Waals surface area contributed by atoms with E-state index in [2.05, 4.69) is 15.8 Å². The van der Waals surface area contributed by atoms with Crippen molar-refractivity contribution in [1.82, 2.24) is 10.7 Å². The van der Waals surface area contributed by atoms with E-state index in [9.17, 15) is 14.0 Å². The summed E-state index contributed by atoms with van der Waals surface area (Å²) in [4.78, 5) is 23.0. The van der Waals surface area contributed by atoms with Crippen LogP contribution in [0.5, 0.6) is 5.75 Å². The van der Waals surface area contributed by atoms with Crippen LogP contribution in [0.25, 0.3) is 0 Å². The second kappa shape index (κ2) is 9.31. The molecule has 0 bridgehead atoms. The second-order valence-corrected chi connectivity index (χ2v) is 5.82. The van der Waals surface area contributed by atoms with Gasteiger partial charge in [-0.15, -0.1) is 0 Å². The third-order valence-corrected chi connectivity index (χ3v) is 3.16. The largest absolute Gasteiger partial charge is 0.489 e. The average Bonchev–Trinajstić information content (AvgIpc) is 2.60. The molecule has 7 heteroatoms. The van der Waals surface area contributed by atoms with Crippen molar-refractivity contribution in [2.24, 2.45) is 5.10 Å². The molecule has 0 fully saturated rings. The minimum Gasteiger partial charge on any atom is -0.489 e. The van der Waals surface area contributed by atoms with Gasteiger partial charge in [-0.1, -0.05) is 24.3 Å². The summed E-state index contributed by atoms with van der Waals surface area (Å²) in [5.74, 6) is -1.33. The van der Waals surface area contributed by atoms with E-state index in [1.165, 1.54) is 18.3 Å². The predicted octanol–water partition coefficient (Wildman–Crippen LogP) is 2.38. The lowest BCUT2D eigenvalue weighted by Gasteiger charge is -2.07. The van der Waals surface area contributed by atoms with Gasteiger partial charge in [0.15, 0.2) is 0 Å². The first kappa shape index (κ1) is 19.1. The number of halogens is 1. The highest BCUT2D eigenvalue weighted by molar-refractivity contribution is 6.35. The molecule has 2 N–H and O–H groups in total. The van der Waals surface area contributed by atoms with Crippen LogP contribution >= 0.6 is 0 Å². The highest BCUT2D eigenvalue weighted by Gasteiger charge is 2.12. The van der Waals surface area contributed by atoms with Crippen molar-refractivity contribution in [2.45, 2.75) is 26.5 Å². The lowest BCUT2D eigenvalue weighted by Crippen LogP contribution is -2.41. The Hall–Kier alpha value is -3.22. The van der Waals surface area contributed by atoms with Crippen LogP contribution in [0.1, 0.15) is 25.0 Å². The smallest absolute Gasteiger partial charge is 0.329 e. The summed E-state index contributed by atoms with van der Waals surface area (Å²) in [5, 5.41) is 6.22. The van der Waals surface area contributed by atoms with E-state index in [0.29, 0.717) is 16.9 Å². The number of benzene rings is 2. The minimum absolute atomic E-state index is 0.135. The summed E-state index contributed by atoms with van der Waals surface area (Å²) < 4.78 is 18.8. The number of amides is 2. The first-order chi connectivity index (χ1) is 12.4. The summed E-state index contributed by atoms with van der Waals surface area (Å²) in [6.07, 6.45) is 1.40. The number of nitrogens with one attached hydrogen (secondary N) is 2. The molecule has 0 aliphatic heterocycles. The summed E-state index contributed by atoms with van der Waals surface area (Å²) in [5.41, 5.74) is 3.54. The number of rotatable bonds is 6. The van der Waals surface area contributed by atoms with Crippen LogP contribution in [-0.4, -0.2) is 24.1 Å². The molecule has 0 radical (unpaired) electrons. The summed E-state index contributed by atoms with van der Waals surface area (Å²) in [6, 6.07) is 13.0. The van der Waals surface area contributed by atoms with Gasteiger partial charge >= 0.3 is 11.8 Å². The first-order valence-electron chi connectivity index (χ1n) is 8.05. The Labute approximate surface area is 151 Å². The quantitative estimate of drug-likeness (QED) is 0.473. The fourth-order valence-electron chi connectivity index (χ4n) is 2.02. The van der Waals surface area contributed by atoms with Crippen molar-refractivity contribution < 1.29 is 18.7 Å². The number of hydrogen-bond donors (Lipinski definition) is 2. The Bertz CT molecular complexity index is 806. The van der Waals surface area contributed by atoms with Crippen LogP contribution in [0.3, 0.4) is 0 Å². The summed E-state index contributed by atoms with van der Waals surface area (Å²) >= 11 is 0. The molecule has 0 aromatic heterocycles. The first-order valence-corrected chi connectivity index (χ1v) is 8.05. The van der Waals surface area contributed by atoms with Gasteiger partial charge in [0.2, 0.25) is 0 Å². The highest BCUT2D eigenvalue weighted by atomic mass is 19.1. The lowest BCUT2D eigenvalue weighted by molar-refractivity contribution is -0.139.